The van der Waals surface area contributed by atoms with Crippen molar-refractivity contribution in [3.05, 3.63) is 88.2 Å². The van der Waals surface area contributed by atoms with Crippen LogP contribution in [0.3, 0.4) is 0 Å². The van der Waals surface area contributed by atoms with Crippen LogP contribution in [0.2, 0.25) is 0 Å². The molecule has 1 aromatic heterocycles. The number of ether oxygens (including phenoxy) is 2. The number of amides is 1. The molecular formula is C24H25BrN2O3. The third-order valence-electron chi connectivity index (χ3n) is 4.59. The average molecular weight is 469 g/mol. The van der Waals surface area contributed by atoms with E-state index in [-0.39, 0.29) is 11.9 Å². The van der Waals surface area contributed by atoms with Crippen LogP contribution in [-0.4, -0.2) is 17.0 Å². The van der Waals surface area contributed by atoms with E-state index in [9.17, 15) is 4.79 Å². The fraction of sp³-hybridized carbons (Fsp3) is 0.250. The predicted molar refractivity (Wildman–Crippen MR) is 121 cm³/mol. The number of halogens is 1. The van der Waals surface area contributed by atoms with E-state index >= 15 is 0 Å². The first-order chi connectivity index (χ1) is 14.4. The minimum absolute atomic E-state index is 0.185. The van der Waals surface area contributed by atoms with E-state index in [2.05, 4.69) is 26.2 Å². The first kappa shape index (κ1) is 21.8. The number of hydrogen-bond donors (Lipinski definition) is 1. The molecule has 5 nitrogen and oxygen atoms in total. The lowest BCUT2D eigenvalue weighted by Crippen LogP contribution is -2.37. The van der Waals surface area contributed by atoms with Gasteiger partial charge in [-0.15, -0.1) is 0 Å². The molecule has 3 rings (SSSR count). The Balaban J connectivity index is 1.58. The summed E-state index contributed by atoms with van der Waals surface area (Å²) in [6.07, 6.45) is 1.11. The van der Waals surface area contributed by atoms with E-state index in [1.165, 1.54) is 0 Å². The normalized spacial score (nSPS) is 12.7. The fourth-order valence-electron chi connectivity index (χ4n) is 2.87. The Morgan fingerprint density at radius 1 is 1.10 bits per heavy atom. The lowest BCUT2D eigenvalue weighted by molar-refractivity contribution is -0.127. The molecule has 0 saturated heterocycles. The lowest BCUT2D eigenvalue weighted by Gasteiger charge is -2.20. The molecular weight excluding hydrogens is 444 g/mol. The Labute approximate surface area is 185 Å². The highest BCUT2D eigenvalue weighted by Gasteiger charge is 2.19. The van der Waals surface area contributed by atoms with Crippen LogP contribution in [0.15, 0.2) is 71.3 Å². The standard InChI is InChI=1S/C24H25BrN2O3/c1-16-10-11-23(22(25)13-16)30-18(3)24(28)27-17(2)19-7-6-9-21(14-19)29-15-20-8-4-5-12-26-20/h4-14,17-18H,15H2,1-3H3,(H,27,28). The zero-order chi connectivity index (χ0) is 21.5. The SMILES string of the molecule is Cc1ccc(OC(C)C(=O)NC(C)c2cccc(OCc3ccccn3)c2)c(Br)c1. The second-order valence-electron chi connectivity index (χ2n) is 7.11. The van der Waals surface area contributed by atoms with Gasteiger partial charge >= 0.3 is 0 Å². The van der Waals surface area contributed by atoms with E-state index in [0.29, 0.717) is 12.4 Å². The molecule has 0 saturated carbocycles. The molecule has 1 amide bonds. The van der Waals surface area contributed by atoms with Crippen LogP contribution in [0, 0.1) is 6.92 Å². The summed E-state index contributed by atoms with van der Waals surface area (Å²) in [6, 6.07) is 19.0. The monoisotopic (exact) mass is 468 g/mol. The second kappa shape index (κ2) is 10.3. The molecule has 0 aliphatic carbocycles. The topological polar surface area (TPSA) is 60.5 Å². The number of hydrogen-bond acceptors (Lipinski definition) is 4. The Hall–Kier alpha value is -2.86. The molecule has 0 radical (unpaired) electrons. The molecule has 1 N–H and O–H groups in total. The Morgan fingerprint density at radius 3 is 2.67 bits per heavy atom. The van der Waals surface area contributed by atoms with Gasteiger partial charge in [0.1, 0.15) is 18.1 Å². The molecule has 2 aromatic carbocycles. The number of pyridine rings is 1. The van der Waals surface area contributed by atoms with Gasteiger partial charge in [0.05, 0.1) is 16.2 Å². The minimum Gasteiger partial charge on any atom is -0.487 e. The van der Waals surface area contributed by atoms with Gasteiger partial charge in [-0.2, -0.15) is 0 Å². The van der Waals surface area contributed by atoms with Crippen LogP contribution in [-0.2, 0) is 11.4 Å². The van der Waals surface area contributed by atoms with Crippen molar-refractivity contribution in [3.8, 4) is 11.5 Å². The Bertz CT molecular complexity index is 995. The van der Waals surface area contributed by atoms with Crippen molar-refractivity contribution < 1.29 is 14.3 Å². The van der Waals surface area contributed by atoms with E-state index in [1.54, 1.807) is 13.1 Å². The Kier molecular flexibility index (Phi) is 7.46. The Morgan fingerprint density at radius 2 is 1.93 bits per heavy atom. The van der Waals surface area contributed by atoms with Crippen molar-refractivity contribution in [2.75, 3.05) is 0 Å². The van der Waals surface area contributed by atoms with Crippen LogP contribution in [0.5, 0.6) is 11.5 Å². The average Bonchev–Trinajstić information content (AvgIpc) is 2.75. The molecule has 0 spiro atoms. The highest BCUT2D eigenvalue weighted by Crippen LogP contribution is 2.27. The molecule has 0 aliphatic heterocycles. The number of nitrogens with one attached hydrogen (secondary N) is 1. The van der Waals surface area contributed by atoms with E-state index in [1.807, 2.05) is 74.5 Å². The molecule has 30 heavy (non-hydrogen) atoms. The van der Waals surface area contributed by atoms with Crippen LogP contribution in [0.25, 0.3) is 0 Å². The van der Waals surface area contributed by atoms with Gasteiger partial charge in [0, 0.05) is 6.20 Å². The van der Waals surface area contributed by atoms with Crippen molar-refractivity contribution in [2.45, 2.75) is 39.5 Å². The van der Waals surface area contributed by atoms with Crippen molar-refractivity contribution >= 4 is 21.8 Å². The van der Waals surface area contributed by atoms with E-state index in [4.69, 9.17) is 9.47 Å². The number of carbonyl (C=O) groups is 1. The second-order valence-corrected chi connectivity index (χ2v) is 7.96. The number of nitrogens with zero attached hydrogens (tertiary/aromatic N) is 1. The van der Waals surface area contributed by atoms with Gasteiger partial charge in [0.15, 0.2) is 6.10 Å². The fourth-order valence-corrected chi connectivity index (χ4v) is 3.46. The van der Waals surface area contributed by atoms with Crippen LogP contribution < -0.4 is 14.8 Å². The number of benzene rings is 2. The quantitative estimate of drug-likeness (QED) is 0.482. The summed E-state index contributed by atoms with van der Waals surface area (Å²) in [5.41, 5.74) is 2.92. The molecule has 1 heterocycles. The number of aromatic nitrogens is 1. The molecule has 2 atom stereocenters. The van der Waals surface area contributed by atoms with Crippen molar-refractivity contribution in [2.24, 2.45) is 0 Å². The van der Waals surface area contributed by atoms with E-state index < -0.39 is 6.10 Å². The van der Waals surface area contributed by atoms with Gasteiger partial charge in [-0.1, -0.05) is 24.3 Å². The van der Waals surface area contributed by atoms with Gasteiger partial charge < -0.3 is 14.8 Å². The molecule has 0 aliphatic rings. The smallest absolute Gasteiger partial charge is 0.261 e. The zero-order valence-corrected chi connectivity index (χ0v) is 18.8. The highest BCUT2D eigenvalue weighted by atomic mass is 79.9. The van der Waals surface area contributed by atoms with Gasteiger partial charge in [-0.25, -0.2) is 0 Å². The molecule has 0 bridgehead atoms. The summed E-state index contributed by atoms with van der Waals surface area (Å²) in [7, 11) is 0. The van der Waals surface area contributed by atoms with Crippen molar-refractivity contribution in [1.82, 2.24) is 10.3 Å². The third-order valence-corrected chi connectivity index (χ3v) is 5.21. The number of aryl methyl sites for hydroxylation is 1. The maximum atomic E-state index is 12.6. The maximum absolute atomic E-state index is 12.6. The van der Waals surface area contributed by atoms with Gasteiger partial charge in [0.2, 0.25) is 0 Å². The zero-order valence-electron chi connectivity index (χ0n) is 17.3. The summed E-state index contributed by atoms with van der Waals surface area (Å²) in [6.45, 7) is 6.06. The van der Waals surface area contributed by atoms with Gasteiger partial charge in [-0.3, -0.25) is 9.78 Å². The lowest BCUT2D eigenvalue weighted by atomic mass is 10.1. The first-order valence-electron chi connectivity index (χ1n) is 9.78. The predicted octanol–water partition coefficient (Wildman–Crippen LogP) is 5.38. The maximum Gasteiger partial charge on any atom is 0.261 e. The summed E-state index contributed by atoms with van der Waals surface area (Å²) in [5, 5.41) is 3.00. The molecule has 0 fully saturated rings. The van der Waals surface area contributed by atoms with E-state index in [0.717, 1.165) is 27.0 Å². The van der Waals surface area contributed by atoms with Crippen LogP contribution >= 0.6 is 15.9 Å². The summed E-state index contributed by atoms with van der Waals surface area (Å²) < 4.78 is 12.5. The summed E-state index contributed by atoms with van der Waals surface area (Å²) in [4.78, 5) is 16.9. The molecule has 2 unspecified atom stereocenters. The molecule has 3 aromatic rings. The minimum atomic E-state index is -0.630. The van der Waals surface area contributed by atoms with Crippen molar-refractivity contribution in [3.63, 3.8) is 0 Å². The number of rotatable bonds is 8. The van der Waals surface area contributed by atoms with Crippen LogP contribution in [0.4, 0.5) is 0 Å². The molecule has 156 valence electrons. The summed E-state index contributed by atoms with van der Waals surface area (Å²) in [5.74, 6) is 1.18. The van der Waals surface area contributed by atoms with Crippen LogP contribution in [0.1, 0.15) is 36.7 Å². The number of carbonyl (C=O) groups excluding carboxylic acids is 1. The third kappa shape index (κ3) is 6.07. The van der Waals surface area contributed by atoms with Crippen molar-refractivity contribution in [1.29, 1.82) is 0 Å². The first-order valence-corrected chi connectivity index (χ1v) is 10.6. The molecule has 6 heteroatoms. The van der Waals surface area contributed by atoms with Gasteiger partial charge in [-0.05, 0) is 84.2 Å². The largest absolute Gasteiger partial charge is 0.487 e. The highest BCUT2D eigenvalue weighted by molar-refractivity contribution is 9.10. The van der Waals surface area contributed by atoms with Gasteiger partial charge in [0.25, 0.3) is 5.91 Å². The summed E-state index contributed by atoms with van der Waals surface area (Å²) >= 11 is 3.48.